The van der Waals surface area contributed by atoms with E-state index in [0.717, 1.165) is 6.42 Å². The van der Waals surface area contributed by atoms with Crippen LogP contribution < -0.4 is 10.1 Å². The Morgan fingerprint density at radius 1 is 1.36 bits per heavy atom. The lowest BCUT2D eigenvalue weighted by atomic mass is 10.1. The van der Waals surface area contributed by atoms with Crippen LogP contribution in [0.1, 0.15) is 16.8 Å². The van der Waals surface area contributed by atoms with Crippen molar-refractivity contribution in [2.24, 2.45) is 0 Å². The van der Waals surface area contributed by atoms with Gasteiger partial charge in [0, 0.05) is 24.8 Å². The standard InChI is InChI=1S/C16H17N5O4/c1-24-12-5-3-11(4-6-12)14-13(16(22)23)15(19-25-14)17-7-2-9-21-10-8-18-20-21/h3-6,8,10H,2,7,9H2,1H3,(H,17,19)(H,22,23). The number of hydrogen-bond donors (Lipinski definition) is 2. The van der Waals surface area contributed by atoms with Crippen molar-refractivity contribution in [3.05, 3.63) is 42.2 Å². The Morgan fingerprint density at radius 2 is 2.16 bits per heavy atom. The maximum Gasteiger partial charge on any atom is 0.343 e. The normalized spacial score (nSPS) is 10.6. The van der Waals surface area contributed by atoms with Crippen molar-refractivity contribution in [1.29, 1.82) is 0 Å². The first-order valence-electron chi connectivity index (χ1n) is 7.64. The van der Waals surface area contributed by atoms with Crippen molar-refractivity contribution in [3.63, 3.8) is 0 Å². The number of rotatable bonds is 8. The highest BCUT2D eigenvalue weighted by Gasteiger charge is 2.23. The Labute approximate surface area is 143 Å². The Bertz CT molecular complexity index is 827. The third-order valence-corrected chi connectivity index (χ3v) is 3.59. The van der Waals surface area contributed by atoms with Crippen molar-refractivity contribution >= 4 is 11.8 Å². The fraction of sp³-hybridized carbons (Fsp3) is 0.250. The molecular weight excluding hydrogens is 326 g/mol. The van der Waals surface area contributed by atoms with Crippen molar-refractivity contribution in [2.75, 3.05) is 19.0 Å². The third-order valence-electron chi connectivity index (χ3n) is 3.59. The van der Waals surface area contributed by atoms with Crippen LogP contribution in [0.3, 0.4) is 0 Å². The maximum atomic E-state index is 11.6. The van der Waals surface area contributed by atoms with E-state index >= 15 is 0 Å². The summed E-state index contributed by atoms with van der Waals surface area (Å²) in [7, 11) is 1.56. The van der Waals surface area contributed by atoms with Gasteiger partial charge in [0.15, 0.2) is 17.1 Å². The smallest absolute Gasteiger partial charge is 0.343 e. The Morgan fingerprint density at radius 3 is 2.80 bits per heavy atom. The molecule has 0 amide bonds. The molecule has 3 rings (SSSR count). The van der Waals surface area contributed by atoms with Crippen LogP contribution in [-0.2, 0) is 6.54 Å². The topological polar surface area (TPSA) is 115 Å². The molecule has 0 atom stereocenters. The molecule has 130 valence electrons. The number of aromatic nitrogens is 4. The average Bonchev–Trinajstić information content (AvgIpc) is 3.28. The second kappa shape index (κ2) is 7.47. The van der Waals surface area contributed by atoms with Gasteiger partial charge in [0.25, 0.3) is 0 Å². The van der Waals surface area contributed by atoms with Gasteiger partial charge in [-0.2, -0.15) is 0 Å². The lowest BCUT2D eigenvalue weighted by Gasteiger charge is -2.04. The molecular formula is C16H17N5O4. The molecule has 0 aliphatic heterocycles. The molecule has 2 heterocycles. The average molecular weight is 343 g/mol. The van der Waals surface area contributed by atoms with E-state index in [1.165, 1.54) is 0 Å². The molecule has 0 fully saturated rings. The van der Waals surface area contributed by atoms with Gasteiger partial charge in [-0.1, -0.05) is 10.4 Å². The van der Waals surface area contributed by atoms with E-state index in [4.69, 9.17) is 9.26 Å². The van der Waals surface area contributed by atoms with Crippen LogP contribution in [0.5, 0.6) is 5.75 Å². The molecule has 0 saturated heterocycles. The number of benzene rings is 1. The minimum Gasteiger partial charge on any atom is -0.497 e. The summed E-state index contributed by atoms with van der Waals surface area (Å²) in [5.41, 5.74) is 0.618. The van der Waals surface area contributed by atoms with Crippen LogP contribution in [-0.4, -0.2) is 44.9 Å². The number of nitrogens with one attached hydrogen (secondary N) is 1. The number of anilines is 1. The lowest BCUT2D eigenvalue weighted by molar-refractivity contribution is 0.0698. The van der Waals surface area contributed by atoms with Crippen LogP contribution in [0.2, 0.25) is 0 Å². The number of aromatic carboxylic acids is 1. The Kier molecular flexibility index (Phi) is 4.93. The summed E-state index contributed by atoms with van der Waals surface area (Å²) in [5, 5.41) is 24.0. The van der Waals surface area contributed by atoms with E-state index in [1.54, 1.807) is 48.5 Å². The Balaban J connectivity index is 1.71. The predicted molar refractivity (Wildman–Crippen MR) is 88.6 cm³/mol. The summed E-state index contributed by atoms with van der Waals surface area (Å²) in [5.74, 6) is -0.0247. The number of aryl methyl sites for hydroxylation is 1. The summed E-state index contributed by atoms with van der Waals surface area (Å²) in [6.07, 6.45) is 4.10. The SMILES string of the molecule is COc1ccc(-c2onc(NCCCn3ccnn3)c2C(=O)O)cc1. The molecule has 0 spiro atoms. The minimum atomic E-state index is -1.11. The number of nitrogens with zero attached hydrogens (tertiary/aromatic N) is 4. The molecule has 1 aromatic carbocycles. The lowest BCUT2D eigenvalue weighted by Crippen LogP contribution is -2.10. The van der Waals surface area contributed by atoms with Crippen LogP contribution >= 0.6 is 0 Å². The van der Waals surface area contributed by atoms with Crippen LogP contribution in [0.25, 0.3) is 11.3 Å². The zero-order valence-corrected chi connectivity index (χ0v) is 13.5. The molecule has 0 saturated carbocycles. The molecule has 0 unspecified atom stereocenters. The van der Waals surface area contributed by atoms with Gasteiger partial charge in [0.1, 0.15) is 5.75 Å². The second-order valence-corrected chi connectivity index (χ2v) is 5.22. The van der Waals surface area contributed by atoms with Crippen LogP contribution in [0.15, 0.2) is 41.2 Å². The first-order chi connectivity index (χ1) is 12.2. The van der Waals surface area contributed by atoms with E-state index in [1.807, 2.05) is 0 Å². The third kappa shape index (κ3) is 3.77. The molecule has 2 aromatic heterocycles. The first kappa shape index (κ1) is 16.5. The summed E-state index contributed by atoms with van der Waals surface area (Å²) in [6.45, 7) is 1.19. The fourth-order valence-electron chi connectivity index (χ4n) is 2.35. The van der Waals surface area contributed by atoms with Gasteiger partial charge in [0.05, 0.1) is 13.3 Å². The minimum absolute atomic E-state index is 0.00548. The molecule has 3 aromatic rings. The predicted octanol–water partition coefficient (Wildman–Crippen LogP) is 2.14. The zero-order valence-electron chi connectivity index (χ0n) is 13.5. The fourth-order valence-corrected chi connectivity index (χ4v) is 2.35. The molecule has 0 radical (unpaired) electrons. The highest BCUT2D eigenvalue weighted by molar-refractivity contribution is 5.99. The molecule has 9 heteroatoms. The van der Waals surface area contributed by atoms with Crippen molar-refractivity contribution in [2.45, 2.75) is 13.0 Å². The van der Waals surface area contributed by atoms with Crippen molar-refractivity contribution < 1.29 is 19.2 Å². The van der Waals surface area contributed by atoms with Gasteiger partial charge >= 0.3 is 5.97 Å². The van der Waals surface area contributed by atoms with Crippen molar-refractivity contribution in [1.82, 2.24) is 20.2 Å². The van der Waals surface area contributed by atoms with E-state index < -0.39 is 5.97 Å². The Hall–Kier alpha value is -3.36. The summed E-state index contributed by atoms with van der Waals surface area (Å²) in [6, 6.07) is 6.91. The van der Waals surface area contributed by atoms with Gasteiger partial charge in [-0.05, 0) is 30.7 Å². The second-order valence-electron chi connectivity index (χ2n) is 5.22. The molecule has 25 heavy (non-hydrogen) atoms. The molecule has 2 N–H and O–H groups in total. The number of carboxylic acids is 1. The van der Waals surface area contributed by atoms with Crippen LogP contribution in [0.4, 0.5) is 5.82 Å². The van der Waals surface area contributed by atoms with E-state index in [2.05, 4.69) is 20.8 Å². The quantitative estimate of drug-likeness (QED) is 0.598. The van der Waals surface area contributed by atoms with Gasteiger partial charge in [-0.15, -0.1) is 5.10 Å². The summed E-state index contributed by atoms with van der Waals surface area (Å²) in [4.78, 5) is 11.6. The van der Waals surface area contributed by atoms with Gasteiger partial charge in [0.2, 0.25) is 0 Å². The maximum absolute atomic E-state index is 11.6. The van der Waals surface area contributed by atoms with E-state index in [0.29, 0.717) is 24.4 Å². The first-order valence-corrected chi connectivity index (χ1v) is 7.64. The van der Waals surface area contributed by atoms with Gasteiger partial charge < -0.3 is 19.7 Å². The number of ether oxygens (including phenoxy) is 1. The molecule has 0 aliphatic rings. The number of carboxylic acid groups (broad SMARTS) is 1. The van der Waals surface area contributed by atoms with Gasteiger partial charge in [-0.25, -0.2) is 4.79 Å². The van der Waals surface area contributed by atoms with Gasteiger partial charge in [-0.3, -0.25) is 4.68 Å². The number of hydrogen-bond acceptors (Lipinski definition) is 7. The molecule has 0 bridgehead atoms. The monoisotopic (exact) mass is 343 g/mol. The number of methoxy groups -OCH3 is 1. The molecule has 0 aliphatic carbocycles. The largest absolute Gasteiger partial charge is 0.497 e. The highest BCUT2D eigenvalue weighted by Crippen LogP contribution is 2.30. The highest BCUT2D eigenvalue weighted by atomic mass is 16.5. The van der Waals surface area contributed by atoms with E-state index in [-0.39, 0.29) is 17.1 Å². The van der Waals surface area contributed by atoms with E-state index in [9.17, 15) is 9.90 Å². The summed E-state index contributed by atoms with van der Waals surface area (Å²) >= 11 is 0. The van der Waals surface area contributed by atoms with Crippen molar-refractivity contribution in [3.8, 4) is 17.1 Å². The summed E-state index contributed by atoms with van der Waals surface area (Å²) < 4.78 is 12.1. The molecule has 9 nitrogen and oxygen atoms in total. The van der Waals surface area contributed by atoms with Crippen LogP contribution in [0, 0.1) is 0 Å². The zero-order chi connectivity index (χ0) is 17.6. The number of carbonyl (C=O) groups is 1.